The molecule has 0 aliphatic carbocycles. The van der Waals surface area contributed by atoms with Gasteiger partial charge in [-0.2, -0.15) is 0 Å². The second-order valence-corrected chi connectivity index (χ2v) is 5.35. The van der Waals surface area contributed by atoms with E-state index in [0.717, 1.165) is 24.2 Å². The maximum Gasteiger partial charge on any atom is 0.244 e. The minimum absolute atomic E-state index is 0.0890. The normalized spacial score (nSPS) is 12.2. The summed E-state index contributed by atoms with van der Waals surface area (Å²) in [6.45, 7) is 4.21. The fraction of sp³-hybridized carbons (Fsp3) is 0.500. The van der Waals surface area contributed by atoms with Crippen LogP contribution in [0.5, 0.6) is 11.5 Å². The molecule has 1 rings (SSSR count). The van der Waals surface area contributed by atoms with Crippen LogP contribution in [0.1, 0.15) is 45.1 Å². The summed E-state index contributed by atoms with van der Waals surface area (Å²) in [7, 11) is 3.22. The van der Waals surface area contributed by atoms with Crippen molar-refractivity contribution in [1.82, 2.24) is 5.32 Å². The van der Waals surface area contributed by atoms with Gasteiger partial charge in [0.15, 0.2) is 0 Å². The molecule has 0 saturated heterocycles. The van der Waals surface area contributed by atoms with E-state index in [9.17, 15) is 4.79 Å². The van der Waals surface area contributed by atoms with Crippen LogP contribution in [0.25, 0.3) is 6.08 Å². The van der Waals surface area contributed by atoms with Crippen molar-refractivity contribution < 1.29 is 14.3 Å². The van der Waals surface area contributed by atoms with E-state index in [4.69, 9.17) is 9.47 Å². The molecular formula is C18H27NO3. The highest BCUT2D eigenvalue weighted by Gasteiger charge is 2.06. The van der Waals surface area contributed by atoms with Crippen LogP contribution in [0.4, 0.5) is 0 Å². The maximum atomic E-state index is 11.9. The number of amides is 1. The average Bonchev–Trinajstić information content (AvgIpc) is 2.52. The maximum absolute atomic E-state index is 11.9. The molecule has 1 amide bonds. The van der Waals surface area contributed by atoms with Crippen LogP contribution < -0.4 is 14.8 Å². The summed E-state index contributed by atoms with van der Waals surface area (Å²) in [5.41, 5.74) is 0.815. The lowest BCUT2D eigenvalue weighted by Gasteiger charge is -2.12. The molecule has 0 saturated carbocycles. The van der Waals surface area contributed by atoms with Crippen molar-refractivity contribution in [2.75, 3.05) is 14.2 Å². The molecule has 0 fully saturated rings. The molecule has 0 aromatic heterocycles. The number of carbonyl (C=O) groups excluding carboxylic acids is 1. The first-order valence-corrected chi connectivity index (χ1v) is 7.81. The summed E-state index contributed by atoms with van der Waals surface area (Å²) in [6.07, 6.45) is 7.83. The molecule has 122 valence electrons. The topological polar surface area (TPSA) is 47.6 Å². The third-order valence-electron chi connectivity index (χ3n) is 3.48. The molecule has 1 aromatic rings. The highest BCUT2D eigenvalue weighted by atomic mass is 16.5. The highest BCUT2D eigenvalue weighted by molar-refractivity contribution is 5.92. The zero-order valence-electron chi connectivity index (χ0n) is 14.0. The zero-order valence-corrected chi connectivity index (χ0v) is 14.0. The van der Waals surface area contributed by atoms with Gasteiger partial charge in [-0.3, -0.25) is 4.79 Å². The van der Waals surface area contributed by atoms with Crippen molar-refractivity contribution in [3.05, 3.63) is 29.8 Å². The lowest BCUT2D eigenvalue weighted by atomic mass is 10.1. The summed E-state index contributed by atoms with van der Waals surface area (Å²) in [5, 5.41) is 2.98. The summed E-state index contributed by atoms with van der Waals surface area (Å²) >= 11 is 0. The first-order chi connectivity index (χ1) is 10.6. The van der Waals surface area contributed by atoms with Gasteiger partial charge < -0.3 is 14.8 Å². The summed E-state index contributed by atoms with van der Waals surface area (Å²) < 4.78 is 10.5. The molecule has 1 N–H and O–H groups in total. The Kier molecular flexibility index (Phi) is 8.11. The first-order valence-electron chi connectivity index (χ1n) is 7.81. The second kappa shape index (κ2) is 9.87. The Bertz CT molecular complexity index is 497. The Labute approximate surface area is 133 Å². The van der Waals surface area contributed by atoms with Crippen LogP contribution in [0.15, 0.2) is 24.3 Å². The van der Waals surface area contributed by atoms with E-state index in [1.165, 1.54) is 18.9 Å². The van der Waals surface area contributed by atoms with Gasteiger partial charge in [0.2, 0.25) is 5.91 Å². The minimum atomic E-state index is -0.0890. The van der Waals surface area contributed by atoms with Crippen molar-refractivity contribution in [2.24, 2.45) is 0 Å². The SMILES string of the molecule is CCCCC[C@H](C)NC(=O)/C=C/c1cc(OC)ccc1OC. The number of benzene rings is 1. The Morgan fingerprint density at radius 2 is 2.05 bits per heavy atom. The number of ether oxygens (including phenoxy) is 2. The van der Waals surface area contributed by atoms with E-state index in [2.05, 4.69) is 12.2 Å². The summed E-state index contributed by atoms with van der Waals surface area (Å²) in [4.78, 5) is 11.9. The number of methoxy groups -OCH3 is 2. The van der Waals surface area contributed by atoms with Gasteiger partial charge in [0.05, 0.1) is 14.2 Å². The summed E-state index contributed by atoms with van der Waals surface area (Å²) in [6, 6.07) is 5.68. The van der Waals surface area contributed by atoms with E-state index < -0.39 is 0 Å². The van der Waals surface area contributed by atoms with Gasteiger partial charge in [0.1, 0.15) is 11.5 Å². The van der Waals surface area contributed by atoms with Gasteiger partial charge in [0.25, 0.3) is 0 Å². The molecule has 1 aromatic carbocycles. The number of rotatable bonds is 9. The molecule has 0 radical (unpaired) electrons. The Hall–Kier alpha value is -1.97. The average molecular weight is 305 g/mol. The third-order valence-corrected chi connectivity index (χ3v) is 3.48. The van der Waals surface area contributed by atoms with Crippen LogP contribution in [0, 0.1) is 0 Å². The molecule has 0 unspecified atom stereocenters. The zero-order chi connectivity index (χ0) is 16.4. The molecule has 0 aliphatic rings. The van der Waals surface area contributed by atoms with E-state index in [0.29, 0.717) is 5.75 Å². The van der Waals surface area contributed by atoms with Gasteiger partial charge in [-0.25, -0.2) is 0 Å². The van der Waals surface area contributed by atoms with Gasteiger partial charge in [0, 0.05) is 17.7 Å². The lowest BCUT2D eigenvalue weighted by molar-refractivity contribution is -0.117. The predicted octanol–water partition coefficient (Wildman–Crippen LogP) is 3.80. The molecule has 0 aliphatic heterocycles. The number of hydrogen-bond donors (Lipinski definition) is 1. The fourth-order valence-electron chi connectivity index (χ4n) is 2.20. The van der Waals surface area contributed by atoms with E-state index in [-0.39, 0.29) is 11.9 Å². The molecule has 0 spiro atoms. The van der Waals surface area contributed by atoms with Crippen LogP contribution in [-0.4, -0.2) is 26.2 Å². The molecule has 0 bridgehead atoms. The predicted molar refractivity (Wildman–Crippen MR) is 90.3 cm³/mol. The van der Waals surface area contributed by atoms with Crippen LogP contribution >= 0.6 is 0 Å². The number of hydrogen-bond acceptors (Lipinski definition) is 3. The fourth-order valence-corrected chi connectivity index (χ4v) is 2.20. The van der Waals surface area contributed by atoms with Crippen molar-refractivity contribution in [3.8, 4) is 11.5 Å². The lowest BCUT2D eigenvalue weighted by Crippen LogP contribution is -2.30. The highest BCUT2D eigenvalue weighted by Crippen LogP contribution is 2.24. The number of nitrogens with one attached hydrogen (secondary N) is 1. The molecule has 4 nitrogen and oxygen atoms in total. The second-order valence-electron chi connectivity index (χ2n) is 5.35. The Balaban J connectivity index is 2.61. The van der Waals surface area contributed by atoms with E-state index >= 15 is 0 Å². The molecular weight excluding hydrogens is 278 g/mol. The smallest absolute Gasteiger partial charge is 0.244 e. The quantitative estimate of drug-likeness (QED) is 0.557. The first kappa shape index (κ1) is 18.1. The minimum Gasteiger partial charge on any atom is -0.497 e. The largest absolute Gasteiger partial charge is 0.497 e. The monoisotopic (exact) mass is 305 g/mol. The van der Waals surface area contributed by atoms with Crippen molar-refractivity contribution in [1.29, 1.82) is 0 Å². The van der Waals surface area contributed by atoms with Gasteiger partial charge in [-0.15, -0.1) is 0 Å². The van der Waals surface area contributed by atoms with E-state index in [1.807, 2.05) is 25.1 Å². The van der Waals surface area contributed by atoms with Crippen LogP contribution in [0.3, 0.4) is 0 Å². The van der Waals surface area contributed by atoms with Gasteiger partial charge in [-0.05, 0) is 37.6 Å². The van der Waals surface area contributed by atoms with E-state index in [1.54, 1.807) is 20.3 Å². The Morgan fingerprint density at radius 1 is 1.27 bits per heavy atom. The van der Waals surface area contributed by atoms with Gasteiger partial charge in [-0.1, -0.05) is 26.2 Å². The van der Waals surface area contributed by atoms with Gasteiger partial charge >= 0.3 is 0 Å². The molecule has 0 heterocycles. The third kappa shape index (κ3) is 6.20. The molecule has 1 atom stereocenters. The summed E-state index contributed by atoms with van der Waals surface area (Å²) in [5.74, 6) is 1.35. The standard InChI is InChI=1S/C18H27NO3/c1-5-6-7-8-14(2)19-18(20)12-9-15-13-16(21-3)10-11-17(15)22-4/h9-14H,5-8H2,1-4H3,(H,19,20)/b12-9+/t14-/m0/s1. The molecule has 22 heavy (non-hydrogen) atoms. The van der Waals surface area contributed by atoms with Crippen molar-refractivity contribution in [3.63, 3.8) is 0 Å². The van der Waals surface area contributed by atoms with Crippen molar-refractivity contribution in [2.45, 2.75) is 45.6 Å². The van der Waals surface area contributed by atoms with Crippen LogP contribution in [-0.2, 0) is 4.79 Å². The molecule has 4 heteroatoms. The van der Waals surface area contributed by atoms with Crippen LogP contribution in [0.2, 0.25) is 0 Å². The Morgan fingerprint density at radius 3 is 2.68 bits per heavy atom. The van der Waals surface area contributed by atoms with Crippen molar-refractivity contribution >= 4 is 12.0 Å². The number of unbranched alkanes of at least 4 members (excludes halogenated alkanes) is 2. The number of carbonyl (C=O) groups is 1.